The molecule has 0 nitrogen and oxygen atoms in total. The molecule has 0 aliphatic carbocycles. The molecule has 0 aliphatic rings. The second-order valence-corrected chi connectivity index (χ2v) is 4.85. The number of rotatable bonds is 3. The van der Waals surface area contributed by atoms with Gasteiger partial charge in [0.05, 0.1) is 0 Å². The second-order valence-electron chi connectivity index (χ2n) is 4.85. The van der Waals surface area contributed by atoms with Crippen LogP contribution in [0.2, 0.25) is 0 Å². The number of hydrogen-bond donors (Lipinski definition) is 0. The number of allylic oxidation sites excluding steroid dienone is 6. The molecule has 0 unspecified atom stereocenters. The quantitative estimate of drug-likeness (QED) is 0.412. The van der Waals surface area contributed by atoms with Gasteiger partial charge in [0.15, 0.2) is 0 Å². The fourth-order valence-electron chi connectivity index (χ4n) is 1.68. The van der Waals surface area contributed by atoms with Gasteiger partial charge in [0.2, 0.25) is 0 Å². The lowest BCUT2D eigenvalue weighted by Gasteiger charge is -2.05. The highest BCUT2D eigenvalue weighted by atomic mass is 14.0. The van der Waals surface area contributed by atoms with Gasteiger partial charge in [-0.1, -0.05) is 79.6 Å². The van der Waals surface area contributed by atoms with E-state index in [4.69, 9.17) is 0 Å². The first-order valence-corrected chi connectivity index (χ1v) is 7.58. The van der Waals surface area contributed by atoms with E-state index in [0.29, 0.717) is 0 Å². The summed E-state index contributed by atoms with van der Waals surface area (Å²) in [5, 5.41) is 0. The molecule has 0 bridgehead atoms. The zero-order valence-corrected chi connectivity index (χ0v) is 15.0. The summed E-state index contributed by atoms with van der Waals surface area (Å²) in [5.74, 6) is 0. The molecule has 0 atom stereocenters. The van der Waals surface area contributed by atoms with E-state index in [0.717, 1.165) is 0 Å². The maximum absolute atomic E-state index is 3.88. The van der Waals surface area contributed by atoms with Crippen molar-refractivity contribution >= 4 is 5.57 Å². The molecule has 0 spiro atoms. The SMILES string of the molecule is C=C/C(=C\C=C(C)C)c1cc(C)cc(C)c1.C=CC.CC. The second kappa shape index (κ2) is 13.2. The molecule has 21 heavy (non-hydrogen) atoms. The van der Waals surface area contributed by atoms with Crippen LogP contribution in [0.5, 0.6) is 0 Å². The van der Waals surface area contributed by atoms with Crippen LogP contribution >= 0.6 is 0 Å². The summed E-state index contributed by atoms with van der Waals surface area (Å²) in [4.78, 5) is 0. The fourth-order valence-corrected chi connectivity index (χ4v) is 1.68. The van der Waals surface area contributed by atoms with Gasteiger partial charge in [-0.2, -0.15) is 0 Å². The smallest absolute Gasteiger partial charge is 0.0179 e. The largest absolute Gasteiger partial charge is 0.103 e. The Kier molecular flexibility index (Phi) is 13.5. The first-order chi connectivity index (χ1) is 9.94. The van der Waals surface area contributed by atoms with Gasteiger partial charge in [0, 0.05) is 0 Å². The van der Waals surface area contributed by atoms with Crippen molar-refractivity contribution < 1.29 is 0 Å². The third kappa shape index (κ3) is 10.6. The molecule has 0 heteroatoms. The van der Waals surface area contributed by atoms with Crippen LogP contribution < -0.4 is 0 Å². The van der Waals surface area contributed by atoms with E-state index in [9.17, 15) is 0 Å². The average Bonchev–Trinajstić information content (AvgIpc) is 2.41. The lowest BCUT2D eigenvalue weighted by molar-refractivity contribution is 1.36. The molecule has 0 saturated carbocycles. The van der Waals surface area contributed by atoms with Crippen molar-refractivity contribution in [1.29, 1.82) is 0 Å². The minimum Gasteiger partial charge on any atom is -0.103 e. The maximum Gasteiger partial charge on any atom is -0.0179 e. The summed E-state index contributed by atoms with van der Waals surface area (Å²) in [6.45, 7) is 21.6. The van der Waals surface area contributed by atoms with Gasteiger partial charge in [-0.25, -0.2) is 0 Å². The highest BCUT2D eigenvalue weighted by molar-refractivity contribution is 5.75. The van der Waals surface area contributed by atoms with Crippen LogP contribution in [0.1, 0.15) is 51.3 Å². The summed E-state index contributed by atoms with van der Waals surface area (Å²) in [6, 6.07) is 6.57. The number of benzene rings is 1. The predicted molar refractivity (Wildman–Crippen MR) is 101 cm³/mol. The zero-order chi connectivity index (χ0) is 16.8. The molecule has 1 rings (SSSR count). The molecular formula is C21H32. The van der Waals surface area contributed by atoms with Gasteiger partial charge in [-0.3, -0.25) is 0 Å². The Bertz CT molecular complexity index is 461. The molecule has 0 amide bonds. The van der Waals surface area contributed by atoms with Crippen molar-refractivity contribution in [3.8, 4) is 0 Å². The Morgan fingerprint density at radius 1 is 0.905 bits per heavy atom. The van der Waals surface area contributed by atoms with Crippen LogP contribution in [-0.2, 0) is 0 Å². The van der Waals surface area contributed by atoms with E-state index in [-0.39, 0.29) is 0 Å². The van der Waals surface area contributed by atoms with Gasteiger partial charge >= 0.3 is 0 Å². The van der Waals surface area contributed by atoms with Gasteiger partial charge in [-0.05, 0) is 45.8 Å². The first kappa shape index (κ1) is 21.5. The standard InChI is InChI=1S/C16H20.C3H6.C2H6/c1-6-15(8-7-12(2)3)16-10-13(4)9-14(5)11-16;1-3-2;1-2/h6-11H,1H2,2-5H3;3H,1H2,2H3;1-2H3/b15-8+;;. The monoisotopic (exact) mass is 284 g/mol. The summed E-state index contributed by atoms with van der Waals surface area (Å²) in [7, 11) is 0. The van der Waals surface area contributed by atoms with Crippen LogP contribution in [0.3, 0.4) is 0 Å². The Morgan fingerprint density at radius 3 is 1.67 bits per heavy atom. The Labute approximate surface area is 132 Å². The number of hydrogen-bond acceptors (Lipinski definition) is 0. The third-order valence-corrected chi connectivity index (χ3v) is 2.37. The Morgan fingerprint density at radius 2 is 1.33 bits per heavy atom. The summed E-state index contributed by atoms with van der Waals surface area (Å²) < 4.78 is 0. The molecule has 0 aliphatic heterocycles. The van der Waals surface area contributed by atoms with E-state index >= 15 is 0 Å². The minimum absolute atomic E-state index is 1.17. The van der Waals surface area contributed by atoms with E-state index < -0.39 is 0 Å². The van der Waals surface area contributed by atoms with Gasteiger partial charge in [0.25, 0.3) is 0 Å². The molecule has 1 aromatic carbocycles. The van der Waals surface area contributed by atoms with E-state index in [1.54, 1.807) is 6.08 Å². The van der Waals surface area contributed by atoms with E-state index in [1.165, 1.54) is 27.8 Å². The highest BCUT2D eigenvalue weighted by Gasteiger charge is 1.98. The highest BCUT2D eigenvalue weighted by Crippen LogP contribution is 2.19. The van der Waals surface area contributed by atoms with Gasteiger partial charge in [0.1, 0.15) is 0 Å². The summed E-state index contributed by atoms with van der Waals surface area (Å²) in [6.07, 6.45) is 7.90. The van der Waals surface area contributed by atoms with Crippen molar-refractivity contribution in [2.75, 3.05) is 0 Å². The molecule has 116 valence electrons. The Hall–Kier alpha value is -1.82. The zero-order valence-electron chi connectivity index (χ0n) is 15.0. The van der Waals surface area contributed by atoms with Crippen molar-refractivity contribution in [2.24, 2.45) is 0 Å². The van der Waals surface area contributed by atoms with Crippen LogP contribution in [0.4, 0.5) is 0 Å². The fraction of sp³-hybridized carbons (Fsp3) is 0.333. The van der Waals surface area contributed by atoms with Crippen LogP contribution in [0, 0.1) is 13.8 Å². The van der Waals surface area contributed by atoms with Crippen molar-refractivity contribution in [2.45, 2.75) is 48.5 Å². The Balaban J connectivity index is 0. The molecule has 0 saturated heterocycles. The first-order valence-electron chi connectivity index (χ1n) is 7.58. The minimum atomic E-state index is 1.17. The molecule has 0 N–H and O–H groups in total. The summed E-state index contributed by atoms with van der Waals surface area (Å²) in [5.41, 5.74) is 6.29. The molecule has 0 radical (unpaired) electrons. The average molecular weight is 284 g/mol. The van der Waals surface area contributed by atoms with Gasteiger partial charge < -0.3 is 0 Å². The number of aryl methyl sites for hydroxylation is 2. The summed E-state index contributed by atoms with van der Waals surface area (Å²) >= 11 is 0. The molecule has 0 fully saturated rings. The van der Waals surface area contributed by atoms with Crippen molar-refractivity contribution in [3.63, 3.8) is 0 Å². The molecular weight excluding hydrogens is 252 g/mol. The maximum atomic E-state index is 3.88. The van der Waals surface area contributed by atoms with E-state index in [2.05, 4.69) is 71.2 Å². The lowest BCUT2D eigenvalue weighted by Crippen LogP contribution is -1.85. The lowest BCUT2D eigenvalue weighted by atomic mass is 10.0. The molecule has 0 heterocycles. The van der Waals surface area contributed by atoms with Crippen LogP contribution in [0.15, 0.2) is 61.2 Å². The molecule has 1 aromatic rings. The van der Waals surface area contributed by atoms with E-state index in [1.807, 2.05) is 26.8 Å². The van der Waals surface area contributed by atoms with Crippen molar-refractivity contribution in [3.05, 3.63) is 77.9 Å². The van der Waals surface area contributed by atoms with Gasteiger partial charge in [-0.15, -0.1) is 6.58 Å². The van der Waals surface area contributed by atoms with Crippen molar-refractivity contribution in [1.82, 2.24) is 0 Å². The normalized spacial score (nSPS) is 9.38. The predicted octanol–water partition coefficient (Wildman–Crippen LogP) is 7.06. The topological polar surface area (TPSA) is 0 Å². The molecule has 0 aromatic heterocycles. The van der Waals surface area contributed by atoms with Crippen LogP contribution in [0.25, 0.3) is 5.57 Å². The third-order valence-electron chi connectivity index (χ3n) is 2.37. The van der Waals surface area contributed by atoms with Crippen LogP contribution in [-0.4, -0.2) is 0 Å².